The molecule has 0 radical (unpaired) electrons. The molecule has 0 fully saturated rings. The Kier molecular flexibility index (Phi) is 8.13. The number of anilines is 1. The van der Waals surface area contributed by atoms with E-state index in [9.17, 15) is 4.79 Å². The van der Waals surface area contributed by atoms with Gasteiger partial charge in [0.25, 0.3) is 0 Å². The number of hydrogen-bond acceptors (Lipinski definition) is 4. The molecule has 2 rings (SSSR count). The number of hydrogen-bond donors (Lipinski definition) is 3. The first-order chi connectivity index (χ1) is 13.0. The first-order valence-electron chi connectivity index (χ1n) is 8.83. The van der Waals surface area contributed by atoms with E-state index in [1.165, 1.54) is 16.0 Å². The summed E-state index contributed by atoms with van der Waals surface area (Å²) >= 11 is 1.73. The number of amides is 1. The average Bonchev–Trinajstić information content (AvgIpc) is 2.65. The molecule has 0 bridgehead atoms. The van der Waals surface area contributed by atoms with Gasteiger partial charge in [-0.3, -0.25) is 9.79 Å². The molecule has 7 heteroatoms. The molecule has 0 aliphatic carbocycles. The summed E-state index contributed by atoms with van der Waals surface area (Å²) in [6, 6.07) is 12.0. The number of aryl methyl sites for hydroxylation is 2. The molecule has 0 saturated carbocycles. The first kappa shape index (κ1) is 20.8. The molecule has 6 nitrogen and oxygen atoms in total. The van der Waals surface area contributed by atoms with Crippen LogP contribution in [0.5, 0.6) is 0 Å². The third-order valence-electron chi connectivity index (χ3n) is 3.91. The van der Waals surface area contributed by atoms with Crippen molar-refractivity contribution in [2.75, 3.05) is 25.2 Å². The van der Waals surface area contributed by atoms with Gasteiger partial charge in [0, 0.05) is 37.1 Å². The fourth-order valence-corrected chi connectivity index (χ4v) is 3.22. The minimum Gasteiger partial charge on any atom is -0.356 e. The average molecular weight is 386 g/mol. The summed E-state index contributed by atoms with van der Waals surface area (Å²) in [5, 5.41) is 9.26. The van der Waals surface area contributed by atoms with E-state index in [1.54, 1.807) is 24.9 Å². The van der Waals surface area contributed by atoms with Crippen LogP contribution in [0.15, 0.2) is 46.3 Å². The van der Waals surface area contributed by atoms with Crippen molar-refractivity contribution in [1.29, 1.82) is 0 Å². The van der Waals surface area contributed by atoms with Crippen molar-refractivity contribution in [2.24, 2.45) is 4.99 Å². The molecule has 0 atom stereocenters. The van der Waals surface area contributed by atoms with Gasteiger partial charge in [0.05, 0.1) is 0 Å². The van der Waals surface area contributed by atoms with Crippen LogP contribution in [-0.4, -0.2) is 36.7 Å². The van der Waals surface area contributed by atoms with Gasteiger partial charge in [0.15, 0.2) is 5.96 Å². The van der Waals surface area contributed by atoms with Crippen LogP contribution in [-0.2, 0) is 11.3 Å². The smallest absolute Gasteiger partial charge is 0.227 e. The number of nitrogens with one attached hydrogen (secondary N) is 3. The summed E-state index contributed by atoms with van der Waals surface area (Å²) < 4.78 is 0. The van der Waals surface area contributed by atoms with Gasteiger partial charge in [0.2, 0.25) is 5.91 Å². The number of guanidine groups is 1. The Bertz CT molecular complexity index is 807. The zero-order valence-electron chi connectivity index (χ0n) is 16.3. The lowest BCUT2D eigenvalue weighted by molar-refractivity contribution is -0.116. The number of thioether (sulfide) groups is 1. The molecule has 0 spiro atoms. The number of carbonyl (C=O) groups is 1. The highest BCUT2D eigenvalue weighted by Crippen LogP contribution is 2.21. The molecule has 1 aromatic carbocycles. The van der Waals surface area contributed by atoms with E-state index in [4.69, 9.17) is 0 Å². The molecule has 3 N–H and O–H groups in total. The van der Waals surface area contributed by atoms with Gasteiger partial charge < -0.3 is 16.0 Å². The van der Waals surface area contributed by atoms with Crippen molar-refractivity contribution in [2.45, 2.75) is 31.7 Å². The van der Waals surface area contributed by atoms with E-state index in [1.807, 2.05) is 19.1 Å². The number of carbonyl (C=O) groups excluding carboxylic acids is 1. The van der Waals surface area contributed by atoms with Crippen molar-refractivity contribution in [3.8, 4) is 0 Å². The second kappa shape index (κ2) is 10.6. The highest BCUT2D eigenvalue weighted by Gasteiger charge is 2.06. The van der Waals surface area contributed by atoms with Crippen molar-refractivity contribution in [3.63, 3.8) is 0 Å². The topological polar surface area (TPSA) is 78.4 Å². The number of aromatic nitrogens is 1. The lowest BCUT2D eigenvalue weighted by Crippen LogP contribution is -2.38. The van der Waals surface area contributed by atoms with Crippen molar-refractivity contribution in [3.05, 3.63) is 53.2 Å². The fourth-order valence-electron chi connectivity index (χ4n) is 2.51. The summed E-state index contributed by atoms with van der Waals surface area (Å²) in [5.41, 5.74) is 3.34. The van der Waals surface area contributed by atoms with Crippen LogP contribution in [0.2, 0.25) is 0 Å². The molecule has 1 amide bonds. The maximum Gasteiger partial charge on any atom is 0.227 e. The third-order valence-corrected chi connectivity index (χ3v) is 4.73. The lowest BCUT2D eigenvalue weighted by atomic mass is 10.1. The standard InChI is InChI=1S/C20H27N5OS/c1-14-8-9-16(17(12-14)27-4)13-23-20(21-3)22-11-10-19(26)25-18-7-5-6-15(2)24-18/h5-9,12H,10-11,13H2,1-4H3,(H2,21,22,23)(H,24,25,26). The Labute approximate surface area is 165 Å². The molecule has 144 valence electrons. The zero-order chi connectivity index (χ0) is 19.6. The number of aliphatic imine (C=N–C) groups is 1. The predicted octanol–water partition coefficient (Wildman–Crippen LogP) is 3.11. The van der Waals surface area contributed by atoms with Crippen molar-refractivity contribution < 1.29 is 4.79 Å². The van der Waals surface area contributed by atoms with Crippen LogP contribution in [0.4, 0.5) is 5.82 Å². The molecule has 27 heavy (non-hydrogen) atoms. The first-order valence-corrected chi connectivity index (χ1v) is 10.1. The highest BCUT2D eigenvalue weighted by molar-refractivity contribution is 7.98. The Balaban J connectivity index is 1.78. The van der Waals surface area contributed by atoms with Crippen LogP contribution in [0.1, 0.15) is 23.2 Å². The van der Waals surface area contributed by atoms with Crippen molar-refractivity contribution >= 4 is 29.4 Å². The fraction of sp³-hybridized carbons (Fsp3) is 0.350. The largest absolute Gasteiger partial charge is 0.356 e. The SMILES string of the molecule is CN=C(NCCC(=O)Nc1cccc(C)n1)NCc1ccc(C)cc1SC. The Morgan fingerprint density at radius 1 is 1.19 bits per heavy atom. The van der Waals surface area contributed by atoms with Gasteiger partial charge in [-0.25, -0.2) is 4.98 Å². The summed E-state index contributed by atoms with van der Waals surface area (Å²) in [6.07, 6.45) is 2.41. The molecule has 2 aromatic rings. The molecule has 0 aliphatic heterocycles. The minimum absolute atomic E-state index is 0.0840. The van der Waals surface area contributed by atoms with E-state index in [0.29, 0.717) is 31.3 Å². The number of benzene rings is 1. The molecule has 1 heterocycles. The van der Waals surface area contributed by atoms with Gasteiger partial charge in [-0.2, -0.15) is 0 Å². The van der Waals surface area contributed by atoms with Crippen LogP contribution >= 0.6 is 11.8 Å². The van der Waals surface area contributed by atoms with E-state index in [2.05, 4.69) is 57.3 Å². The Hall–Kier alpha value is -2.54. The van der Waals surface area contributed by atoms with E-state index in [0.717, 1.165) is 5.69 Å². The van der Waals surface area contributed by atoms with Gasteiger partial charge in [0.1, 0.15) is 5.82 Å². The van der Waals surface area contributed by atoms with Gasteiger partial charge in [-0.1, -0.05) is 18.2 Å². The Morgan fingerprint density at radius 3 is 2.70 bits per heavy atom. The van der Waals surface area contributed by atoms with E-state index < -0.39 is 0 Å². The van der Waals surface area contributed by atoms with Crippen LogP contribution < -0.4 is 16.0 Å². The quantitative estimate of drug-likeness (QED) is 0.388. The minimum atomic E-state index is -0.0840. The number of nitrogens with zero attached hydrogens (tertiary/aromatic N) is 2. The number of pyridine rings is 1. The molecule has 0 aliphatic rings. The van der Waals surface area contributed by atoms with E-state index in [-0.39, 0.29) is 5.91 Å². The highest BCUT2D eigenvalue weighted by atomic mass is 32.2. The third kappa shape index (κ3) is 6.94. The van der Waals surface area contributed by atoms with Gasteiger partial charge in [-0.05, 0) is 49.4 Å². The van der Waals surface area contributed by atoms with Gasteiger partial charge in [-0.15, -0.1) is 11.8 Å². The zero-order valence-corrected chi connectivity index (χ0v) is 17.1. The maximum atomic E-state index is 12.0. The molecule has 0 saturated heterocycles. The van der Waals surface area contributed by atoms with Crippen molar-refractivity contribution in [1.82, 2.24) is 15.6 Å². The summed E-state index contributed by atoms with van der Waals surface area (Å²) in [5.74, 6) is 1.16. The second-order valence-corrected chi connectivity index (χ2v) is 6.98. The van der Waals surface area contributed by atoms with Crippen LogP contribution in [0.25, 0.3) is 0 Å². The summed E-state index contributed by atoms with van der Waals surface area (Å²) in [6.45, 7) is 5.15. The van der Waals surface area contributed by atoms with Crippen LogP contribution in [0, 0.1) is 13.8 Å². The molecular weight excluding hydrogens is 358 g/mol. The maximum absolute atomic E-state index is 12.0. The predicted molar refractivity (Wildman–Crippen MR) is 113 cm³/mol. The van der Waals surface area contributed by atoms with E-state index >= 15 is 0 Å². The molecule has 0 unspecified atom stereocenters. The van der Waals surface area contributed by atoms with Gasteiger partial charge >= 0.3 is 0 Å². The summed E-state index contributed by atoms with van der Waals surface area (Å²) in [4.78, 5) is 21.8. The lowest BCUT2D eigenvalue weighted by Gasteiger charge is -2.14. The molecular formula is C20H27N5OS. The second-order valence-electron chi connectivity index (χ2n) is 6.13. The molecule has 1 aromatic heterocycles. The Morgan fingerprint density at radius 2 is 2.00 bits per heavy atom. The monoisotopic (exact) mass is 385 g/mol. The summed E-state index contributed by atoms with van der Waals surface area (Å²) in [7, 11) is 1.72. The normalized spacial score (nSPS) is 11.2. The number of rotatable bonds is 7. The van der Waals surface area contributed by atoms with Crippen LogP contribution in [0.3, 0.4) is 0 Å².